The fraction of sp³-hybridized carbons (Fsp3) is 0.538. The first-order valence-electron chi connectivity index (χ1n) is 6.10. The Labute approximate surface area is 114 Å². The number of hydrogen-bond donors (Lipinski definition) is 1. The van der Waals surface area contributed by atoms with Gasteiger partial charge < -0.3 is 5.32 Å². The maximum Gasteiger partial charge on any atom is 0.389 e. The zero-order chi connectivity index (χ0) is 14.3. The highest BCUT2D eigenvalue weighted by atomic mass is 32.2. The van der Waals surface area contributed by atoms with Crippen LogP contribution in [0.1, 0.15) is 19.8 Å². The van der Waals surface area contributed by atoms with Gasteiger partial charge in [-0.15, -0.1) is 11.8 Å². The first-order chi connectivity index (χ1) is 8.92. The highest BCUT2D eigenvalue weighted by molar-refractivity contribution is 7.99. The van der Waals surface area contributed by atoms with Gasteiger partial charge in [0.05, 0.1) is 0 Å². The molecule has 0 bridgehead atoms. The molecule has 0 aliphatic heterocycles. The van der Waals surface area contributed by atoms with Crippen LogP contribution in [0.4, 0.5) is 17.6 Å². The molecule has 0 aromatic heterocycles. The van der Waals surface area contributed by atoms with Gasteiger partial charge in [0.1, 0.15) is 5.82 Å². The number of benzene rings is 1. The second-order valence-corrected chi connectivity index (χ2v) is 5.21. The third-order valence-corrected chi connectivity index (χ3v) is 3.76. The summed E-state index contributed by atoms with van der Waals surface area (Å²) >= 11 is 1.24. The second-order valence-electron chi connectivity index (χ2n) is 4.15. The van der Waals surface area contributed by atoms with Crippen molar-refractivity contribution in [2.24, 2.45) is 0 Å². The van der Waals surface area contributed by atoms with Gasteiger partial charge >= 0.3 is 6.18 Å². The Bertz CT molecular complexity index is 381. The van der Waals surface area contributed by atoms with Crippen molar-refractivity contribution in [1.29, 1.82) is 0 Å². The lowest BCUT2D eigenvalue weighted by Crippen LogP contribution is -2.32. The quantitative estimate of drug-likeness (QED) is 0.596. The summed E-state index contributed by atoms with van der Waals surface area (Å²) in [4.78, 5) is 0.470. The molecule has 19 heavy (non-hydrogen) atoms. The van der Waals surface area contributed by atoms with Crippen LogP contribution in [0.25, 0.3) is 0 Å². The molecule has 1 N–H and O–H groups in total. The van der Waals surface area contributed by atoms with Crippen LogP contribution in [0.5, 0.6) is 0 Å². The van der Waals surface area contributed by atoms with Gasteiger partial charge in [-0.25, -0.2) is 4.39 Å². The third kappa shape index (κ3) is 6.82. The Kier molecular flexibility index (Phi) is 6.65. The van der Waals surface area contributed by atoms with E-state index < -0.39 is 12.6 Å². The summed E-state index contributed by atoms with van der Waals surface area (Å²) in [5.74, 6) is 0.0868. The zero-order valence-corrected chi connectivity index (χ0v) is 11.5. The summed E-state index contributed by atoms with van der Waals surface area (Å²) in [6, 6.07) is 6.01. The van der Waals surface area contributed by atoms with Crippen molar-refractivity contribution >= 4 is 11.8 Å². The van der Waals surface area contributed by atoms with Crippen molar-refractivity contribution in [1.82, 2.24) is 5.32 Å². The van der Waals surface area contributed by atoms with Crippen molar-refractivity contribution in [3.8, 4) is 0 Å². The molecule has 0 spiro atoms. The molecule has 0 heterocycles. The van der Waals surface area contributed by atoms with Gasteiger partial charge in [0.25, 0.3) is 0 Å². The van der Waals surface area contributed by atoms with Gasteiger partial charge in [-0.3, -0.25) is 0 Å². The van der Waals surface area contributed by atoms with Crippen molar-refractivity contribution in [3.05, 3.63) is 30.1 Å². The second kappa shape index (κ2) is 7.75. The van der Waals surface area contributed by atoms with Gasteiger partial charge in [0, 0.05) is 23.1 Å². The molecular formula is C13H17F4NS. The molecule has 1 nitrogen and oxygen atoms in total. The fourth-order valence-electron chi connectivity index (χ4n) is 1.62. The van der Waals surface area contributed by atoms with E-state index in [9.17, 15) is 17.6 Å². The Hall–Kier alpha value is -0.750. The van der Waals surface area contributed by atoms with Gasteiger partial charge in [0.15, 0.2) is 0 Å². The van der Waals surface area contributed by atoms with Crippen LogP contribution in [0.2, 0.25) is 0 Å². The molecular weight excluding hydrogens is 278 g/mol. The van der Waals surface area contributed by atoms with Gasteiger partial charge in [-0.2, -0.15) is 13.2 Å². The number of hydrogen-bond acceptors (Lipinski definition) is 2. The number of nitrogens with one attached hydrogen (secondary N) is 1. The standard InChI is InChI=1S/C13H17F4NS/c1-2-18-10(7-8-13(15,16)17)9-19-12-6-4-3-5-11(12)14/h3-6,10,18H,2,7-9H2,1H3. The van der Waals surface area contributed by atoms with E-state index in [-0.39, 0.29) is 18.3 Å². The Balaban J connectivity index is 2.47. The zero-order valence-electron chi connectivity index (χ0n) is 10.6. The van der Waals surface area contributed by atoms with E-state index in [1.54, 1.807) is 18.2 Å². The summed E-state index contributed by atoms with van der Waals surface area (Å²) in [6.07, 6.45) is -4.95. The van der Waals surface area contributed by atoms with Crippen molar-refractivity contribution in [2.75, 3.05) is 12.3 Å². The van der Waals surface area contributed by atoms with Crippen LogP contribution < -0.4 is 5.32 Å². The maximum atomic E-state index is 13.4. The van der Waals surface area contributed by atoms with Crippen LogP contribution in [-0.2, 0) is 0 Å². The first kappa shape index (κ1) is 16.3. The number of thioether (sulfide) groups is 1. The minimum atomic E-state index is -4.14. The lowest BCUT2D eigenvalue weighted by molar-refractivity contribution is -0.136. The highest BCUT2D eigenvalue weighted by Gasteiger charge is 2.28. The molecule has 0 fully saturated rings. The molecule has 1 rings (SSSR count). The molecule has 6 heteroatoms. The van der Waals surface area contributed by atoms with Gasteiger partial charge in [-0.1, -0.05) is 19.1 Å². The Morgan fingerprint density at radius 2 is 1.95 bits per heavy atom. The topological polar surface area (TPSA) is 12.0 Å². The molecule has 0 aliphatic carbocycles. The fourth-order valence-corrected chi connectivity index (χ4v) is 2.67. The molecule has 1 unspecified atom stereocenters. The maximum absolute atomic E-state index is 13.4. The van der Waals surface area contributed by atoms with Crippen LogP contribution >= 0.6 is 11.8 Å². The predicted molar refractivity (Wildman–Crippen MR) is 69.9 cm³/mol. The van der Waals surface area contributed by atoms with Crippen molar-refractivity contribution < 1.29 is 17.6 Å². The van der Waals surface area contributed by atoms with Crippen LogP contribution in [0.3, 0.4) is 0 Å². The number of rotatable bonds is 7. The highest BCUT2D eigenvalue weighted by Crippen LogP contribution is 2.26. The van der Waals surface area contributed by atoms with Crippen molar-refractivity contribution in [3.63, 3.8) is 0 Å². The molecule has 108 valence electrons. The average Bonchev–Trinajstić information content (AvgIpc) is 2.33. The molecule has 1 aromatic carbocycles. The molecule has 0 saturated carbocycles. The summed E-state index contributed by atoms with van der Waals surface area (Å²) < 4.78 is 49.9. The van der Waals surface area contributed by atoms with Gasteiger partial charge in [-0.05, 0) is 25.1 Å². The lowest BCUT2D eigenvalue weighted by atomic mass is 10.2. The molecule has 0 amide bonds. The number of alkyl halides is 3. The smallest absolute Gasteiger partial charge is 0.313 e. The van der Waals surface area contributed by atoms with E-state index >= 15 is 0 Å². The van der Waals surface area contributed by atoms with Gasteiger partial charge in [0.2, 0.25) is 0 Å². The van der Waals surface area contributed by atoms with E-state index in [1.807, 2.05) is 6.92 Å². The minimum Gasteiger partial charge on any atom is -0.313 e. The van der Waals surface area contributed by atoms with E-state index in [0.717, 1.165) is 0 Å². The molecule has 1 aromatic rings. The predicted octanol–water partition coefficient (Wildman–Crippen LogP) is 4.24. The van der Waals surface area contributed by atoms with E-state index in [1.165, 1.54) is 17.8 Å². The average molecular weight is 295 g/mol. The monoisotopic (exact) mass is 295 g/mol. The van der Waals surface area contributed by atoms with Crippen LogP contribution in [-0.4, -0.2) is 24.5 Å². The number of halogens is 4. The normalized spacial score (nSPS) is 13.5. The summed E-state index contributed by atoms with van der Waals surface area (Å²) in [5.41, 5.74) is 0. The summed E-state index contributed by atoms with van der Waals surface area (Å²) in [5, 5.41) is 3.00. The van der Waals surface area contributed by atoms with E-state index in [2.05, 4.69) is 5.32 Å². The Morgan fingerprint density at radius 1 is 1.26 bits per heavy atom. The SMILES string of the molecule is CCNC(CCC(F)(F)F)CSc1ccccc1F. The van der Waals surface area contributed by atoms with Crippen molar-refractivity contribution in [2.45, 2.75) is 36.9 Å². The third-order valence-electron chi connectivity index (χ3n) is 2.55. The van der Waals surface area contributed by atoms with Crippen LogP contribution in [0, 0.1) is 5.82 Å². The molecule has 1 atom stereocenters. The van der Waals surface area contributed by atoms with Crippen LogP contribution in [0.15, 0.2) is 29.2 Å². The van der Waals surface area contributed by atoms with E-state index in [0.29, 0.717) is 17.2 Å². The largest absolute Gasteiger partial charge is 0.389 e. The summed E-state index contributed by atoms with van der Waals surface area (Å²) in [7, 11) is 0. The molecule has 0 aliphatic rings. The van der Waals surface area contributed by atoms with E-state index in [4.69, 9.17) is 0 Å². The molecule has 0 radical (unpaired) electrons. The minimum absolute atomic E-state index is 0.0127. The lowest BCUT2D eigenvalue weighted by Gasteiger charge is -2.18. The summed E-state index contributed by atoms with van der Waals surface area (Å²) in [6.45, 7) is 2.44. The Morgan fingerprint density at radius 3 is 2.53 bits per heavy atom. The molecule has 0 saturated heterocycles. The first-order valence-corrected chi connectivity index (χ1v) is 7.08.